The van der Waals surface area contributed by atoms with Crippen LogP contribution in [0.4, 0.5) is 0 Å². The molecule has 2 unspecified atom stereocenters. The second-order valence-corrected chi connectivity index (χ2v) is 6.74. The predicted octanol–water partition coefficient (Wildman–Crippen LogP) is 3.02. The van der Waals surface area contributed by atoms with Crippen LogP contribution in [0, 0.1) is 6.92 Å². The number of nitrogens with one attached hydrogen (secondary N) is 2. The molecule has 2 heterocycles. The van der Waals surface area contributed by atoms with Gasteiger partial charge in [0.1, 0.15) is 5.01 Å². The predicted molar refractivity (Wildman–Crippen MR) is 78.1 cm³/mol. The van der Waals surface area contributed by atoms with Crippen LogP contribution in [0.25, 0.3) is 0 Å². The lowest BCUT2D eigenvalue weighted by Crippen LogP contribution is -2.48. The minimum atomic E-state index is 0.329. The molecule has 0 aromatic carbocycles. The van der Waals surface area contributed by atoms with Gasteiger partial charge in [-0.25, -0.2) is 4.98 Å². The Bertz CT molecular complexity index is 369. The van der Waals surface area contributed by atoms with E-state index in [0.29, 0.717) is 11.6 Å². The molecule has 102 valence electrons. The normalized spacial score (nSPS) is 25.5. The quantitative estimate of drug-likeness (QED) is 0.832. The lowest BCUT2D eigenvalue weighted by molar-refractivity contribution is 0.313. The maximum atomic E-state index is 4.47. The molecular weight excluding hydrogens is 242 g/mol. The second kappa shape index (κ2) is 6.13. The fourth-order valence-corrected chi connectivity index (χ4v) is 3.61. The summed E-state index contributed by atoms with van der Waals surface area (Å²) in [4.78, 5) is 5.76. The van der Waals surface area contributed by atoms with E-state index in [4.69, 9.17) is 0 Å². The van der Waals surface area contributed by atoms with E-state index in [9.17, 15) is 0 Å². The zero-order chi connectivity index (χ0) is 13.0. The third-order valence-electron chi connectivity index (χ3n) is 3.82. The van der Waals surface area contributed by atoms with Crippen LogP contribution in [0.3, 0.4) is 0 Å². The summed E-state index contributed by atoms with van der Waals surface area (Å²) < 4.78 is 0. The van der Waals surface area contributed by atoms with Crippen molar-refractivity contribution in [1.29, 1.82) is 0 Å². The van der Waals surface area contributed by atoms with E-state index in [-0.39, 0.29) is 0 Å². The molecule has 2 rings (SSSR count). The summed E-state index contributed by atoms with van der Waals surface area (Å²) >= 11 is 1.80. The van der Waals surface area contributed by atoms with Crippen molar-refractivity contribution in [1.82, 2.24) is 15.6 Å². The van der Waals surface area contributed by atoms with Crippen LogP contribution in [0.1, 0.15) is 55.5 Å². The fraction of sp³-hybridized carbons (Fsp3) is 0.786. The lowest BCUT2D eigenvalue weighted by atomic mass is 9.91. The summed E-state index contributed by atoms with van der Waals surface area (Å²) in [5.41, 5.74) is 0.329. The van der Waals surface area contributed by atoms with Gasteiger partial charge in [-0.3, -0.25) is 0 Å². The van der Waals surface area contributed by atoms with Crippen molar-refractivity contribution in [2.24, 2.45) is 0 Å². The Kier molecular flexibility index (Phi) is 4.76. The summed E-state index contributed by atoms with van der Waals surface area (Å²) in [6.45, 7) is 8.83. The third-order valence-corrected chi connectivity index (χ3v) is 4.91. The number of aryl methyl sites for hydroxylation is 1. The van der Waals surface area contributed by atoms with Gasteiger partial charge >= 0.3 is 0 Å². The Hall–Kier alpha value is -0.450. The zero-order valence-corrected chi connectivity index (χ0v) is 12.6. The summed E-state index contributed by atoms with van der Waals surface area (Å²) in [7, 11) is 0. The number of thiazole rings is 1. The Balaban J connectivity index is 1.89. The molecule has 4 heteroatoms. The second-order valence-electron chi connectivity index (χ2n) is 5.47. The number of hydrogen-bond acceptors (Lipinski definition) is 4. The topological polar surface area (TPSA) is 37.0 Å². The van der Waals surface area contributed by atoms with Crippen LogP contribution in [-0.4, -0.2) is 23.6 Å². The molecule has 0 amide bonds. The van der Waals surface area contributed by atoms with E-state index >= 15 is 0 Å². The van der Waals surface area contributed by atoms with E-state index in [1.807, 2.05) is 6.20 Å². The first-order valence-electron chi connectivity index (χ1n) is 7.06. The summed E-state index contributed by atoms with van der Waals surface area (Å²) in [5, 5.41) is 8.57. The number of nitrogens with zero attached hydrogens (tertiary/aromatic N) is 1. The van der Waals surface area contributed by atoms with Gasteiger partial charge in [0.2, 0.25) is 0 Å². The molecule has 0 spiro atoms. The van der Waals surface area contributed by atoms with Crippen LogP contribution in [-0.2, 0) is 0 Å². The highest BCUT2D eigenvalue weighted by Gasteiger charge is 2.32. The molecular formula is C14H25N3S. The van der Waals surface area contributed by atoms with Gasteiger partial charge < -0.3 is 10.6 Å². The van der Waals surface area contributed by atoms with Crippen molar-refractivity contribution in [2.75, 3.05) is 13.1 Å². The first-order chi connectivity index (χ1) is 8.65. The Morgan fingerprint density at radius 2 is 2.44 bits per heavy atom. The Morgan fingerprint density at radius 3 is 3.00 bits per heavy atom. The molecule has 1 aliphatic rings. The smallest absolute Gasteiger partial charge is 0.109 e. The highest BCUT2D eigenvalue weighted by atomic mass is 32.1. The largest absolute Gasteiger partial charge is 0.310 e. The highest BCUT2D eigenvalue weighted by Crippen LogP contribution is 2.25. The molecule has 2 atom stereocenters. The average Bonchev–Trinajstić information content (AvgIpc) is 2.97. The van der Waals surface area contributed by atoms with Gasteiger partial charge in [0.15, 0.2) is 0 Å². The van der Waals surface area contributed by atoms with Crippen molar-refractivity contribution in [3.05, 3.63) is 16.1 Å². The molecule has 18 heavy (non-hydrogen) atoms. The summed E-state index contributed by atoms with van der Waals surface area (Å²) in [6, 6.07) is 0.361. The van der Waals surface area contributed by atoms with Crippen LogP contribution in [0.15, 0.2) is 6.20 Å². The maximum Gasteiger partial charge on any atom is 0.109 e. The molecule has 0 bridgehead atoms. The molecule has 1 aromatic heterocycles. The molecule has 0 aliphatic carbocycles. The minimum absolute atomic E-state index is 0.329. The molecule has 1 fully saturated rings. The van der Waals surface area contributed by atoms with E-state index in [2.05, 4.69) is 36.4 Å². The van der Waals surface area contributed by atoms with Crippen LogP contribution < -0.4 is 10.6 Å². The van der Waals surface area contributed by atoms with Crippen LogP contribution in [0.5, 0.6) is 0 Å². The fourth-order valence-electron chi connectivity index (χ4n) is 2.81. The van der Waals surface area contributed by atoms with Gasteiger partial charge in [0, 0.05) is 23.2 Å². The standard InChI is InChI=1S/C14H25N3S/c1-4-6-14(7-5-8-17-14)10-16-12(3)13-15-9-11(2)18-13/h9,12,16-17H,4-8,10H2,1-3H3. The van der Waals surface area contributed by atoms with E-state index < -0.39 is 0 Å². The van der Waals surface area contributed by atoms with Crippen molar-refractivity contribution >= 4 is 11.3 Å². The zero-order valence-electron chi connectivity index (χ0n) is 11.8. The van der Waals surface area contributed by atoms with Gasteiger partial charge in [-0.15, -0.1) is 11.3 Å². The SMILES string of the molecule is CCCC1(CNC(C)c2ncc(C)s2)CCCN1. The van der Waals surface area contributed by atoms with E-state index in [1.165, 1.54) is 42.1 Å². The Morgan fingerprint density at radius 1 is 1.61 bits per heavy atom. The first-order valence-corrected chi connectivity index (χ1v) is 7.87. The lowest BCUT2D eigenvalue weighted by Gasteiger charge is -2.31. The molecule has 1 aliphatic heterocycles. The van der Waals surface area contributed by atoms with Crippen LogP contribution in [0.2, 0.25) is 0 Å². The first kappa shape index (κ1) is 14.0. The third kappa shape index (κ3) is 3.31. The molecule has 0 radical (unpaired) electrons. The molecule has 1 saturated heterocycles. The number of hydrogen-bond donors (Lipinski definition) is 2. The van der Waals surface area contributed by atoms with E-state index in [0.717, 1.165) is 6.54 Å². The molecule has 3 nitrogen and oxygen atoms in total. The van der Waals surface area contributed by atoms with Gasteiger partial charge in [0.05, 0.1) is 6.04 Å². The minimum Gasteiger partial charge on any atom is -0.310 e. The van der Waals surface area contributed by atoms with Gasteiger partial charge in [-0.1, -0.05) is 13.3 Å². The summed E-state index contributed by atoms with van der Waals surface area (Å²) in [5.74, 6) is 0. The monoisotopic (exact) mass is 267 g/mol. The van der Waals surface area contributed by atoms with Crippen molar-refractivity contribution < 1.29 is 0 Å². The molecule has 1 aromatic rings. The summed E-state index contributed by atoms with van der Waals surface area (Å²) in [6.07, 6.45) is 7.10. The molecule has 2 N–H and O–H groups in total. The highest BCUT2D eigenvalue weighted by molar-refractivity contribution is 7.11. The van der Waals surface area contributed by atoms with Gasteiger partial charge in [-0.2, -0.15) is 0 Å². The number of aromatic nitrogens is 1. The Labute approximate surface area is 114 Å². The van der Waals surface area contributed by atoms with Crippen molar-refractivity contribution in [2.45, 2.75) is 58.0 Å². The average molecular weight is 267 g/mol. The molecule has 0 saturated carbocycles. The van der Waals surface area contributed by atoms with Gasteiger partial charge in [-0.05, 0) is 39.7 Å². The van der Waals surface area contributed by atoms with Crippen molar-refractivity contribution in [3.63, 3.8) is 0 Å². The number of rotatable bonds is 6. The van der Waals surface area contributed by atoms with E-state index in [1.54, 1.807) is 11.3 Å². The maximum absolute atomic E-state index is 4.47. The van der Waals surface area contributed by atoms with Crippen LogP contribution >= 0.6 is 11.3 Å². The van der Waals surface area contributed by atoms with Gasteiger partial charge in [0.25, 0.3) is 0 Å². The van der Waals surface area contributed by atoms with Crippen molar-refractivity contribution in [3.8, 4) is 0 Å².